The van der Waals surface area contributed by atoms with E-state index >= 15 is 0 Å². The highest BCUT2D eigenvalue weighted by Crippen LogP contribution is 2.50. The highest BCUT2D eigenvalue weighted by molar-refractivity contribution is 8.15. The van der Waals surface area contributed by atoms with E-state index in [1.807, 2.05) is 25.1 Å². The summed E-state index contributed by atoms with van der Waals surface area (Å²) >= 11 is 1.27. The van der Waals surface area contributed by atoms with Crippen LogP contribution in [-0.2, 0) is 4.79 Å². The van der Waals surface area contributed by atoms with Crippen molar-refractivity contribution in [3.63, 3.8) is 0 Å². The Hall–Kier alpha value is -3.80. The van der Waals surface area contributed by atoms with E-state index in [0.29, 0.717) is 34.6 Å². The number of rotatable bonds is 7. The third kappa shape index (κ3) is 5.41. The molecule has 1 unspecified atom stereocenters. The number of hydrogen-bond donors (Lipinski definition) is 2. The van der Waals surface area contributed by atoms with E-state index in [1.54, 1.807) is 14.2 Å². The third-order valence-electron chi connectivity index (χ3n) is 8.74. The van der Waals surface area contributed by atoms with Crippen molar-refractivity contribution in [3.8, 4) is 11.5 Å². The molecular formula is C31H38N6O5S. The van der Waals surface area contributed by atoms with Crippen LogP contribution in [0, 0.1) is 0 Å². The first kappa shape index (κ1) is 29.3. The molecule has 12 heteroatoms. The Morgan fingerprint density at radius 3 is 2.60 bits per heavy atom. The van der Waals surface area contributed by atoms with Gasteiger partial charge in [0.2, 0.25) is 5.82 Å². The van der Waals surface area contributed by atoms with Crippen LogP contribution in [0.1, 0.15) is 92.4 Å². The molecule has 2 aliphatic carbocycles. The average Bonchev–Trinajstić information content (AvgIpc) is 3.38. The Labute approximate surface area is 255 Å². The first-order chi connectivity index (χ1) is 20.9. The quantitative estimate of drug-likeness (QED) is 0.472. The normalized spacial score (nSPS) is 21.6. The molecule has 2 amide bonds. The van der Waals surface area contributed by atoms with E-state index in [9.17, 15) is 14.4 Å². The number of allylic oxidation sites excluding steroid dienone is 2. The minimum Gasteiger partial charge on any atom is -0.493 e. The standard InChI is InChI=1S/C31H38N6O5S/c1-4-32-31-37(24(38)17-43-31)35-30(40)27-33-28-26(29(39)34-27)25(18-14-15-22(41-2)23(16-18)42-3)20-12-8-9-13-21(20)36(28)19-10-6-5-7-11-19/h14-16,19,25H,4-13,17H2,1-3H3,(H,35,40)(H,33,34,39). The molecule has 4 aliphatic rings. The number of aromatic amines is 1. The Morgan fingerprint density at radius 2 is 1.86 bits per heavy atom. The fourth-order valence-electron chi connectivity index (χ4n) is 6.83. The molecular weight excluding hydrogens is 568 g/mol. The number of amides is 2. The number of aromatic nitrogens is 2. The molecule has 228 valence electrons. The summed E-state index contributed by atoms with van der Waals surface area (Å²) in [6, 6.07) is 5.99. The molecule has 43 heavy (non-hydrogen) atoms. The van der Waals surface area contributed by atoms with Crippen LogP contribution in [0.25, 0.3) is 0 Å². The summed E-state index contributed by atoms with van der Waals surface area (Å²) in [6.45, 7) is 2.34. The Bertz CT molecular complexity index is 1550. The maximum absolute atomic E-state index is 14.1. The van der Waals surface area contributed by atoms with Crippen LogP contribution < -0.4 is 25.4 Å². The summed E-state index contributed by atoms with van der Waals surface area (Å²) in [7, 11) is 3.20. The lowest BCUT2D eigenvalue weighted by molar-refractivity contribution is -0.125. The summed E-state index contributed by atoms with van der Waals surface area (Å²) in [5.41, 5.74) is 6.19. The fourth-order valence-corrected chi connectivity index (χ4v) is 7.71. The van der Waals surface area contributed by atoms with Crippen LogP contribution in [0.2, 0.25) is 0 Å². The summed E-state index contributed by atoms with van der Waals surface area (Å²) < 4.78 is 11.1. The minimum absolute atomic E-state index is 0.129. The predicted molar refractivity (Wildman–Crippen MR) is 166 cm³/mol. The van der Waals surface area contributed by atoms with Gasteiger partial charge < -0.3 is 19.4 Å². The number of benzene rings is 1. The van der Waals surface area contributed by atoms with Gasteiger partial charge in [-0.25, -0.2) is 4.98 Å². The fraction of sp³-hybridized carbons (Fsp3) is 0.516. The lowest BCUT2D eigenvalue weighted by atomic mass is 9.75. The summed E-state index contributed by atoms with van der Waals surface area (Å²) in [5, 5.41) is 1.58. The van der Waals surface area contributed by atoms with Crippen LogP contribution in [0.5, 0.6) is 11.5 Å². The molecule has 11 nitrogen and oxygen atoms in total. The van der Waals surface area contributed by atoms with Gasteiger partial charge in [0.1, 0.15) is 5.82 Å². The number of anilines is 1. The van der Waals surface area contributed by atoms with Gasteiger partial charge in [-0.3, -0.25) is 24.8 Å². The summed E-state index contributed by atoms with van der Waals surface area (Å²) in [6.07, 6.45) is 9.30. The summed E-state index contributed by atoms with van der Waals surface area (Å²) in [5.74, 6) is 0.525. The molecule has 3 heterocycles. The molecule has 0 bridgehead atoms. The van der Waals surface area contributed by atoms with Crippen molar-refractivity contribution in [2.75, 3.05) is 31.4 Å². The summed E-state index contributed by atoms with van der Waals surface area (Å²) in [4.78, 5) is 54.5. The minimum atomic E-state index is -0.658. The zero-order chi connectivity index (χ0) is 30.1. The van der Waals surface area contributed by atoms with Gasteiger partial charge in [0.05, 0.1) is 25.5 Å². The smallest absolute Gasteiger partial charge is 0.306 e. The van der Waals surface area contributed by atoms with Gasteiger partial charge >= 0.3 is 5.91 Å². The van der Waals surface area contributed by atoms with E-state index in [4.69, 9.17) is 14.5 Å². The molecule has 1 atom stereocenters. The van der Waals surface area contributed by atoms with Crippen molar-refractivity contribution < 1.29 is 19.1 Å². The second kappa shape index (κ2) is 12.4. The molecule has 2 aliphatic heterocycles. The van der Waals surface area contributed by atoms with E-state index in [-0.39, 0.29) is 35.0 Å². The number of carbonyl (C=O) groups is 2. The number of methoxy groups -OCH3 is 2. The van der Waals surface area contributed by atoms with Crippen molar-refractivity contribution in [2.45, 2.75) is 76.7 Å². The first-order valence-corrected chi connectivity index (χ1v) is 16.1. The third-order valence-corrected chi connectivity index (χ3v) is 9.70. The van der Waals surface area contributed by atoms with E-state index in [2.05, 4.69) is 20.3 Å². The number of thioether (sulfide) groups is 1. The van der Waals surface area contributed by atoms with Gasteiger partial charge in [0, 0.05) is 24.2 Å². The van der Waals surface area contributed by atoms with E-state index in [1.165, 1.54) is 29.5 Å². The number of fused-ring (bicyclic) bond motifs is 1. The van der Waals surface area contributed by atoms with Gasteiger partial charge in [-0.05, 0) is 68.7 Å². The number of nitrogens with zero attached hydrogens (tertiary/aromatic N) is 4. The molecule has 1 saturated heterocycles. The monoisotopic (exact) mass is 606 g/mol. The molecule has 6 rings (SSSR count). The lowest BCUT2D eigenvalue weighted by Crippen LogP contribution is -2.48. The van der Waals surface area contributed by atoms with Crippen molar-refractivity contribution >= 4 is 34.6 Å². The Balaban J connectivity index is 1.49. The molecule has 2 aromatic rings. The van der Waals surface area contributed by atoms with E-state index in [0.717, 1.165) is 61.9 Å². The average molecular weight is 607 g/mol. The van der Waals surface area contributed by atoms with Crippen LogP contribution >= 0.6 is 11.8 Å². The van der Waals surface area contributed by atoms with Crippen LogP contribution in [0.3, 0.4) is 0 Å². The topological polar surface area (TPSA) is 129 Å². The van der Waals surface area contributed by atoms with Gasteiger partial charge in [-0.15, -0.1) is 0 Å². The molecule has 2 N–H and O–H groups in total. The Kier molecular flexibility index (Phi) is 8.47. The van der Waals surface area contributed by atoms with Crippen molar-refractivity contribution in [3.05, 3.63) is 56.8 Å². The molecule has 2 fully saturated rings. The van der Waals surface area contributed by atoms with Gasteiger partial charge in [0.25, 0.3) is 11.5 Å². The number of hydrazine groups is 1. The second-order valence-corrected chi connectivity index (χ2v) is 12.2. The SMILES string of the molecule is CCN=C1SCC(=O)N1NC(=O)c1nc2c(c(=O)[nH]1)C(c1ccc(OC)c(OC)c1)C1=C(CCCC1)N2C1CCCCC1. The zero-order valence-corrected chi connectivity index (χ0v) is 25.7. The van der Waals surface area contributed by atoms with Crippen molar-refractivity contribution in [2.24, 2.45) is 4.99 Å². The first-order valence-electron chi connectivity index (χ1n) is 15.1. The van der Waals surface area contributed by atoms with Gasteiger partial charge in [-0.1, -0.05) is 37.1 Å². The van der Waals surface area contributed by atoms with E-state index < -0.39 is 5.91 Å². The Morgan fingerprint density at radius 1 is 1.09 bits per heavy atom. The van der Waals surface area contributed by atoms with Crippen LogP contribution in [0.15, 0.2) is 39.3 Å². The maximum Gasteiger partial charge on any atom is 0.306 e. The number of H-pyrrole nitrogens is 1. The highest BCUT2D eigenvalue weighted by atomic mass is 32.2. The van der Waals surface area contributed by atoms with Crippen molar-refractivity contribution in [1.82, 2.24) is 20.4 Å². The van der Waals surface area contributed by atoms with Gasteiger partial charge in [-0.2, -0.15) is 5.01 Å². The molecule has 0 spiro atoms. The maximum atomic E-state index is 14.1. The largest absolute Gasteiger partial charge is 0.493 e. The van der Waals surface area contributed by atoms with Crippen LogP contribution in [-0.4, -0.2) is 64.5 Å². The number of hydrogen-bond acceptors (Lipinski definition) is 9. The van der Waals surface area contributed by atoms with Crippen LogP contribution in [0.4, 0.5) is 5.82 Å². The molecule has 1 aromatic carbocycles. The lowest BCUT2D eigenvalue weighted by Gasteiger charge is -2.45. The van der Waals surface area contributed by atoms with Crippen molar-refractivity contribution in [1.29, 1.82) is 0 Å². The predicted octanol–water partition coefficient (Wildman–Crippen LogP) is 4.50. The molecule has 1 aromatic heterocycles. The zero-order valence-electron chi connectivity index (χ0n) is 24.9. The number of ether oxygens (including phenoxy) is 2. The number of nitrogens with one attached hydrogen (secondary N) is 2. The highest BCUT2D eigenvalue weighted by Gasteiger charge is 2.41. The second-order valence-electron chi connectivity index (χ2n) is 11.3. The number of aliphatic imine (C=N–C) groups is 1. The number of carbonyl (C=O) groups excluding carboxylic acids is 2. The molecule has 0 radical (unpaired) electrons. The number of amidine groups is 1. The molecule has 1 saturated carbocycles. The van der Waals surface area contributed by atoms with Gasteiger partial charge in [0.15, 0.2) is 16.7 Å².